The van der Waals surface area contributed by atoms with E-state index in [4.69, 9.17) is 4.42 Å². The Bertz CT molecular complexity index is 570. The van der Waals surface area contributed by atoms with Gasteiger partial charge in [0.15, 0.2) is 11.4 Å². The lowest BCUT2D eigenvalue weighted by molar-refractivity contribution is 0.101. The number of carbonyl (C=O) groups is 1. The van der Waals surface area contributed by atoms with Gasteiger partial charge in [0.2, 0.25) is 0 Å². The van der Waals surface area contributed by atoms with Gasteiger partial charge in [0.25, 0.3) is 0 Å². The third-order valence-corrected chi connectivity index (χ3v) is 2.73. The van der Waals surface area contributed by atoms with Gasteiger partial charge in [-0.05, 0) is 18.2 Å². The molecule has 15 heavy (non-hydrogen) atoms. The van der Waals surface area contributed by atoms with Crippen molar-refractivity contribution in [3.63, 3.8) is 0 Å². The molecule has 0 aliphatic heterocycles. The maximum absolute atomic E-state index is 11.6. The van der Waals surface area contributed by atoms with Crippen LogP contribution in [0.4, 0.5) is 0 Å². The van der Waals surface area contributed by atoms with Gasteiger partial charge in [-0.3, -0.25) is 9.78 Å². The van der Waals surface area contributed by atoms with Gasteiger partial charge in [0.05, 0.1) is 5.52 Å². The number of benzene rings is 1. The summed E-state index contributed by atoms with van der Waals surface area (Å²) in [6.45, 7) is 0. The number of oxazole rings is 1. The molecule has 0 radical (unpaired) electrons. The minimum atomic E-state index is -0.524. The predicted octanol–water partition coefficient (Wildman–Crippen LogP) is 2.42. The quantitative estimate of drug-likeness (QED) is 0.677. The molecule has 4 nitrogen and oxygen atoms in total. The van der Waals surface area contributed by atoms with Crippen LogP contribution in [0.5, 0.6) is 0 Å². The molecule has 0 unspecified atom stereocenters. The minimum Gasteiger partial charge on any atom is -0.408 e. The van der Waals surface area contributed by atoms with Gasteiger partial charge in [-0.2, -0.15) is 0 Å². The Morgan fingerprint density at radius 3 is 2.80 bits per heavy atom. The van der Waals surface area contributed by atoms with Crippen molar-refractivity contribution in [2.75, 3.05) is 0 Å². The summed E-state index contributed by atoms with van der Waals surface area (Å²) < 4.78 is 4.39. The summed E-state index contributed by atoms with van der Waals surface area (Å²) in [5, 5.41) is 0. The number of carbonyl (C=O) groups excluding carboxylic acids is 1. The van der Waals surface area contributed by atoms with E-state index in [1.807, 2.05) is 0 Å². The van der Waals surface area contributed by atoms with E-state index in [0.29, 0.717) is 16.7 Å². The maximum atomic E-state index is 11.6. The number of H-pyrrole nitrogens is 1. The van der Waals surface area contributed by atoms with Crippen molar-refractivity contribution in [3.8, 4) is 0 Å². The molecule has 0 bridgehead atoms. The predicted molar refractivity (Wildman–Crippen MR) is 62.8 cm³/mol. The van der Waals surface area contributed by atoms with Crippen molar-refractivity contribution < 1.29 is 9.21 Å². The van der Waals surface area contributed by atoms with E-state index in [2.05, 4.69) is 36.8 Å². The number of ketones is 1. The third kappa shape index (κ3) is 2.05. The number of hydrogen-bond donors (Lipinski definition) is 1. The van der Waals surface area contributed by atoms with Gasteiger partial charge >= 0.3 is 5.76 Å². The van der Waals surface area contributed by atoms with Gasteiger partial charge in [-0.25, -0.2) is 4.79 Å². The molecular formula is C9H5Br2NO3. The molecule has 0 spiro atoms. The first kappa shape index (κ1) is 10.6. The highest BCUT2D eigenvalue weighted by Crippen LogP contribution is 2.18. The lowest BCUT2D eigenvalue weighted by Crippen LogP contribution is -2.06. The summed E-state index contributed by atoms with van der Waals surface area (Å²) in [6.07, 6.45) is 0. The lowest BCUT2D eigenvalue weighted by atomic mass is 10.1. The summed E-state index contributed by atoms with van der Waals surface area (Å²) in [6, 6.07) is 4.78. The van der Waals surface area contributed by atoms with Crippen molar-refractivity contribution in [3.05, 3.63) is 34.3 Å². The van der Waals surface area contributed by atoms with Gasteiger partial charge in [0, 0.05) is 5.56 Å². The summed E-state index contributed by atoms with van der Waals surface area (Å²) in [7, 11) is 0. The fraction of sp³-hybridized carbons (Fsp3) is 0.111. The highest BCUT2D eigenvalue weighted by atomic mass is 79.9. The normalized spacial score (nSPS) is 11.1. The Hall–Kier alpha value is -0.880. The van der Waals surface area contributed by atoms with Crippen molar-refractivity contribution in [2.24, 2.45) is 0 Å². The Balaban J connectivity index is 2.55. The molecule has 0 atom stereocenters. The van der Waals surface area contributed by atoms with Gasteiger partial charge in [0.1, 0.15) is 3.74 Å². The molecule has 0 saturated heterocycles. The number of halogens is 2. The molecule has 0 aliphatic carbocycles. The van der Waals surface area contributed by atoms with Gasteiger partial charge < -0.3 is 4.42 Å². The summed E-state index contributed by atoms with van der Waals surface area (Å²) >= 11 is 6.23. The molecule has 0 fully saturated rings. The first-order valence-electron chi connectivity index (χ1n) is 4.03. The zero-order valence-electron chi connectivity index (χ0n) is 7.29. The Labute approximate surface area is 101 Å². The molecule has 1 N–H and O–H groups in total. The van der Waals surface area contributed by atoms with Crippen LogP contribution in [0.3, 0.4) is 0 Å². The van der Waals surface area contributed by atoms with E-state index in [-0.39, 0.29) is 5.78 Å². The van der Waals surface area contributed by atoms with Crippen LogP contribution in [0.2, 0.25) is 0 Å². The summed E-state index contributed by atoms with van der Waals surface area (Å²) in [4.78, 5) is 24.9. The van der Waals surface area contributed by atoms with Gasteiger partial charge in [-0.15, -0.1) is 0 Å². The molecule has 2 rings (SSSR count). The topological polar surface area (TPSA) is 63.1 Å². The average Bonchev–Trinajstić information content (AvgIpc) is 2.55. The number of aromatic amines is 1. The van der Waals surface area contributed by atoms with Crippen LogP contribution in [0, 0.1) is 0 Å². The molecular weight excluding hydrogens is 330 g/mol. The smallest absolute Gasteiger partial charge is 0.408 e. The van der Waals surface area contributed by atoms with Crippen LogP contribution >= 0.6 is 31.9 Å². The number of fused-ring (bicyclic) bond motifs is 1. The Morgan fingerprint density at radius 1 is 1.40 bits per heavy atom. The zero-order valence-corrected chi connectivity index (χ0v) is 10.5. The lowest BCUT2D eigenvalue weighted by Gasteiger charge is -2.00. The number of hydrogen-bond acceptors (Lipinski definition) is 3. The highest BCUT2D eigenvalue weighted by Gasteiger charge is 2.14. The monoisotopic (exact) mass is 333 g/mol. The summed E-state index contributed by atoms with van der Waals surface area (Å²) in [5.41, 5.74) is 1.46. The first-order chi connectivity index (χ1) is 7.08. The van der Waals surface area contributed by atoms with Crippen molar-refractivity contribution in [1.29, 1.82) is 0 Å². The second-order valence-electron chi connectivity index (χ2n) is 2.89. The number of nitrogens with one attached hydrogen (secondary N) is 1. The maximum Gasteiger partial charge on any atom is 0.417 e. The van der Waals surface area contributed by atoms with Gasteiger partial charge in [-0.1, -0.05) is 31.9 Å². The van der Waals surface area contributed by atoms with Crippen LogP contribution in [0.25, 0.3) is 11.1 Å². The number of Topliss-reactive ketones (excluding diaryl/α,β-unsaturated/α-hetero) is 1. The number of aromatic nitrogens is 1. The average molecular weight is 335 g/mol. The van der Waals surface area contributed by atoms with Crippen LogP contribution in [0.1, 0.15) is 10.4 Å². The molecule has 1 aromatic heterocycles. The van der Waals surface area contributed by atoms with Crippen molar-refractivity contribution in [1.82, 2.24) is 4.98 Å². The first-order valence-corrected chi connectivity index (χ1v) is 5.86. The Morgan fingerprint density at radius 2 is 2.13 bits per heavy atom. The third-order valence-electron chi connectivity index (χ3n) is 1.90. The molecule has 1 heterocycles. The second-order valence-corrected chi connectivity index (χ2v) is 5.95. The SMILES string of the molecule is O=C(c1ccc2oc(=O)[nH]c2c1)C(Br)Br. The van der Waals surface area contributed by atoms with Crippen molar-refractivity contribution in [2.45, 2.75) is 3.74 Å². The van der Waals surface area contributed by atoms with Crippen LogP contribution < -0.4 is 5.76 Å². The zero-order chi connectivity index (χ0) is 11.0. The molecule has 2 aromatic rings. The van der Waals surface area contributed by atoms with Crippen molar-refractivity contribution >= 4 is 48.7 Å². The largest absolute Gasteiger partial charge is 0.417 e. The van der Waals surface area contributed by atoms with E-state index in [1.54, 1.807) is 18.2 Å². The fourth-order valence-corrected chi connectivity index (χ4v) is 1.76. The van der Waals surface area contributed by atoms with Crippen LogP contribution in [-0.4, -0.2) is 14.5 Å². The van der Waals surface area contributed by atoms with E-state index in [1.165, 1.54) is 0 Å². The van der Waals surface area contributed by atoms with E-state index >= 15 is 0 Å². The minimum absolute atomic E-state index is 0.112. The molecule has 0 amide bonds. The molecule has 0 aliphatic rings. The standard InChI is InChI=1S/C9H5Br2NO3/c10-8(11)7(13)4-1-2-6-5(3-4)12-9(14)15-6/h1-3,8H,(H,12,14). The fourth-order valence-electron chi connectivity index (χ4n) is 1.23. The van der Waals surface area contributed by atoms with Crippen LogP contribution in [-0.2, 0) is 0 Å². The highest BCUT2D eigenvalue weighted by molar-refractivity contribution is 9.25. The molecule has 78 valence electrons. The van der Waals surface area contributed by atoms with E-state index in [9.17, 15) is 9.59 Å². The van der Waals surface area contributed by atoms with E-state index in [0.717, 1.165) is 0 Å². The molecule has 6 heteroatoms. The number of alkyl halides is 2. The summed E-state index contributed by atoms with van der Waals surface area (Å²) in [5.74, 6) is -0.636. The Kier molecular flexibility index (Phi) is 2.79. The molecule has 1 aromatic carbocycles. The molecule has 0 saturated carbocycles. The second kappa shape index (κ2) is 3.94. The number of rotatable bonds is 2. The van der Waals surface area contributed by atoms with E-state index < -0.39 is 9.49 Å². The van der Waals surface area contributed by atoms with Crippen LogP contribution in [0.15, 0.2) is 27.4 Å².